The molecule has 1 aliphatic heterocycles. The fraction of sp³-hybridized carbons (Fsp3) is 0.318. The first-order chi connectivity index (χ1) is 15.2. The van der Waals surface area contributed by atoms with Crippen molar-refractivity contribution in [1.29, 1.82) is 0 Å². The number of hydrogen-bond acceptors (Lipinski definition) is 7. The number of aryl methyl sites for hydroxylation is 2. The highest BCUT2D eigenvalue weighted by atomic mass is 16.5. The predicted octanol–water partition coefficient (Wildman–Crippen LogP) is 2.82. The summed E-state index contributed by atoms with van der Waals surface area (Å²) in [5.74, 6) is 0.661. The van der Waals surface area contributed by atoms with Gasteiger partial charge in [0.25, 0.3) is 12.4 Å². The number of amides is 3. The molecule has 4 rings (SSSR count). The molecule has 0 spiro atoms. The Hall–Kier alpha value is -3.95. The Labute approximate surface area is 184 Å². The topological polar surface area (TPSA) is 111 Å². The second-order valence-electron chi connectivity index (χ2n) is 8.09. The standard InChI is InChI=1S/C22H23N5O5/c1-14-18(15(2)32-24-14)12-25-11-17(9-23-25)27-20(29)22(3,4)26(21(27)30)10-16-7-5-6-8-19(16)31-13-28/h5-9,11,13H,10,12H2,1-4H3. The van der Waals surface area contributed by atoms with E-state index in [4.69, 9.17) is 9.26 Å². The molecular formula is C22H23N5O5. The predicted molar refractivity (Wildman–Crippen MR) is 113 cm³/mol. The number of ether oxygens (including phenoxy) is 1. The van der Waals surface area contributed by atoms with Gasteiger partial charge in [0.1, 0.15) is 17.0 Å². The molecular weight excluding hydrogens is 414 g/mol. The van der Waals surface area contributed by atoms with Gasteiger partial charge in [-0.1, -0.05) is 23.4 Å². The lowest BCUT2D eigenvalue weighted by molar-refractivity contribution is -0.123. The molecule has 0 saturated carbocycles. The minimum atomic E-state index is -1.10. The highest BCUT2D eigenvalue weighted by Crippen LogP contribution is 2.34. The number of nitrogens with zero attached hydrogens (tertiary/aromatic N) is 5. The molecule has 0 unspecified atom stereocenters. The van der Waals surface area contributed by atoms with Crippen LogP contribution >= 0.6 is 0 Å². The maximum Gasteiger partial charge on any atom is 0.332 e. The van der Waals surface area contributed by atoms with Crippen molar-refractivity contribution in [2.45, 2.75) is 46.3 Å². The van der Waals surface area contributed by atoms with E-state index >= 15 is 0 Å². The number of anilines is 1. The van der Waals surface area contributed by atoms with E-state index in [0.29, 0.717) is 35.8 Å². The van der Waals surface area contributed by atoms with Gasteiger partial charge in [0.2, 0.25) is 0 Å². The molecule has 32 heavy (non-hydrogen) atoms. The fourth-order valence-electron chi connectivity index (χ4n) is 3.74. The number of benzene rings is 1. The number of hydrogen-bond donors (Lipinski definition) is 0. The summed E-state index contributed by atoms with van der Waals surface area (Å²) in [6.07, 6.45) is 3.13. The minimum Gasteiger partial charge on any atom is -0.428 e. The Balaban J connectivity index is 1.60. The number of carbonyl (C=O) groups is 3. The molecule has 0 aliphatic carbocycles. The Morgan fingerprint density at radius 3 is 2.59 bits per heavy atom. The molecule has 2 aromatic heterocycles. The SMILES string of the molecule is Cc1noc(C)c1Cn1cc(N2C(=O)N(Cc3ccccc3OC=O)C(C)(C)C2=O)cn1. The van der Waals surface area contributed by atoms with Gasteiger partial charge in [-0.2, -0.15) is 5.10 Å². The van der Waals surface area contributed by atoms with Crippen molar-refractivity contribution in [1.82, 2.24) is 19.8 Å². The highest BCUT2D eigenvalue weighted by Gasteiger charge is 2.52. The van der Waals surface area contributed by atoms with Gasteiger partial charge in [0.05, 0.1) is 30.7 Å². The van der Waals surface area contributed by atoms with Crippen molar-refractivity contribution in [3.8, 4) is 5.75 Å². The molecule has 1 saturated heterocycles. The van der Waals surface area contributed by atoms with Gasteiger partial charge in [-0.25, -0.2) is 9.69 Å². The van der Waals surface area contributed by atoms with Gasteiger partial charge in [-0.05, 0) is 33.8 Å². The average Bonchev–Trinajstić information content (AvgIpc) is 3.38. The van der Waals surface area contributed by atoms with Gasteiger partial charge < -0.3 is 14.2 Å². The maximum absolute atomic E-state index is 13.3. The summed E-state index contributed by atoms with van der Waals surface area (Å²) in [5, 5.41) is 8.24. The molecule has 0 bridgehead atoms. The van der Waals surface area contributed by atoms with Crippen LogP contribution in [0.5, 0.6) is 5.75 Å². The first-order valence-corrected chi connectivity index (χ1v) is 10.0. The van der Waals surface area contributed by atoms with Crippen LogP contribution in [-0.4, -0.2) is 43.8 Å². The molecule has 10 heteroatoms. The van der Waals surface area contributed by atoms with Crippen LogP contribution in [0.1, 0.15) is 36.4 Å². The molecule has 166 valence electrons. The number of carbonyl (C=O) groups excluding carboxylic acids is 3. The van der Waals surface area contributed by atoms with E-state index in [9.17, 15) is 14.4 Å². The molecule has 3 heterocycles. The number of rotatable bonds is 7. The molecule has 3 amide bonds. The summed E-state index contributed by atoms with van der Waals surface area (Å²) in [4.78, 5) is 39.9. The normalized spacial score (nSPS) is 15.5. The second kappa shape index (κ2) is 7.95. The summed E-state index contributed by atoms with van der Waals surface area (Å²) in [5.41, 5.74) is 1.54. The van der Waals surface area contributed by atoms with E-state index in [-0.39, 0.29) is 12.5 Å². The number of urea groups is 1. The third kappa shape index (κ3) is 3.53. The lowest BCUT2D eigenvalue weighted by Crippen LogP contribution is -2.43. The summed E-state index contributed by atoms with van der Waals surface area (Å²) in [6, 6.07) is 6.41. The molecule has 0 N–H and O–H groups in total. The molecule has 1 aromatic carbocycles. The van der Waals surface area contributed by atoms with Gasteiger partial charge in [0, 0.05) is 17.3 Å². The van der Waals surface area contributed by atoms with Crippen LogP contribution in [0.3, 0.4) is 0 Å². The van der Waals surface area contributed by atoms with Crippen LogP contribution < -0.4 is 9.64 Å². The largest absolute Gasteiger partial charge is 0.428 e. The maximum atomic E-state index is 13.3. The fourth-order valence-corrected chi connectivity index (χ4v) is 3.74. The monoisotopic (exact) mass is 437 g/mol. The van der Waals surface area contributed by atoms with E-state index in [1.54, 1.807) is 49.0 Å². The Bertz CT molecular complexity index is 1180. The molecule has 0 radical (unpaired) electrons. The quantitative estimate of drug-likeness (QED) is 0.413. The average molecular weight is 437 g/mol. The van der Waals surface area contributed by atoms with Crippen LogP contribution in [0.4, 0.5) is 10.5 Å². The molecule has 1 fully saturated rings. The Morgan fingerprint density at radius 1 is 1.16 bits per heavy atom. The van der Waals surface area contributed by atoms with E-state index in [1.807, 2.05) is 13.8 Å². The Kier molecular flexibility index (Phi) is 5.29. The summed E-state index contributed by atoms with van der Waals surface area (Å²) >= 11 is 0. The van der Waals surface area contributed by atoms with Crippen molar-refractivity contribution < 1.29 is 23.6 Å². The van der Waals surface area contributed by atoms with Gasteiger partial charge in [-0.15, -0.1) is 0 Å². The summed E-state index contributed by atoms with van der Waals surface area (Å²) in [7, 11) is 0. The van der Waals surface area contributed by atoms with Crippen molar-refractivity contribution in [3.05, 3.63) is 59.2 Å². The van der Waals surface area contributed by atoms with Gasteiger partial charge >= 0.3 is 6.03 Å². The van der Waals surface area contributed by atoms with E-state index in [1.165, 1.54) is 11.1 Å². The minimum absolute atomic E-state index is 0.102. The van der Waals surface area contributed by atoms with E-state index in [0.717, 1.165) is 16.2 Å². The van der Waals surface area contributed by atoms with E-state index in [2.05, 4.69) is 10.3 Å². The first kappa shape index (κ1) is 21.3. The highest BCUT2D eigenvalue weighted by molar-refractivity contribution is 6.22. The molecule has 10 nitrogen and oxygen atoms in total. The lowest BCUT2D eigenvalue weighted by atomic mass is 10.0. The van der Waals surface area contributed by atoms with Crippen LogP contribution in [0.25, 0.3) is 0 Å². The number of imide groups is 1. The second-order valence-corrected chi connectivity index (χ2v) is 8.09. The van der Waals surface area contributed by atoms with Crippen molar-refractivity contribution in [3.63, 3.8) is 0 Å². The van der Waals surface area contributed by atoms with E-state index < -0.39 is 11.6 Å². The zero-order chi connectivity index (χ0) is 23.0. The lowest BCUT2D eigenvalue weighted by Gasteiger charge is -2.28. The summed E-state index contributed by atoms with van der Waals surface area (Å²) in [6.45, 7) is 7.87. The smallest absolute Gasteiger partial charge is 0.332 e. The third-order valence-corrected chi connectivity index (χ3v) is 5.68. The molecule has 0 atom stereocenters. The molecule has 3 aromatic rings. The van der Waals surface area contributed by atoms with Crippen LogP contribution in [0.2, 0.25) is 0 Å². The van der Waals surface area contributed by atoms with Crippen LogP contribution in [0.15, 0.2) is 41.2 Å². The van der Waals surface area contributed by atoms with Gasteiger partial charge in [-0.3, -0.25) is 14.3 Å². The number of para-hydroxylation sites is 1. The number of aromatic nitrogens is 3. The van der Waals surface area contributed by atoms with Crippen LogP contribution in [0, 0.1) is 13.8 Å². The van der Waals surface area contributed by atoms with Crippen molar-refractivity contribution in [2.75, 3.05) is 4.90 Å². The van der Waals surface area contributed by atoms with Crippen molar-refractivity contribution in [2.24, 2.45) is 0 Å². The zero-order valence-electron chi connectivity index (χ0n) is 18.2. The molecule has 1 aliphatic rings. The summed E-state index contributed by atoms with van der Waals surface area (Å²) < 4.78 is 11.8. The van der Waals surface area contributed by atoms with Gasteiger partial charge in [0.15, 0.2) is 0 Å². The Morgan fingerprint density at radius 2 is 1.91 bits per heavy atom. The van der Waals surface area contributed by atoms with Crippen molar-refractivity contribution >= 4 is 24.1 Å². The van der Waals surface area contributed by atoms with Crippen LogP contribution in [-0.2, 0) is 22.7 Å². The third-order valence-electron chi connectivity index (χ3n) is 5.68. The zero-order valence-corrected chi connectivity index (χ0v) is 18.2. The first-order valence-electron chi connectivity index (χ1n) is 10.0.